The molecule has 3 nitrogen and oxygen atoms in total. The Morgan fingerprint density at radius 3 is 2.60 bits per heavy atom. The van der Waals surface area contributed by atoms with Gasteiger partial charge < -0.3 is 15.0 Å². The number of ether oxygens (including phenoxy) is 1. The molecule has 0 aliphatic carbocycles. The highest BCUT2D eigenvalue weighted by Crippen LogP contribution is 2.45. The standard InChI is InChI=1S/C17H26N2O/c1-12-5-6-14-15(18-3)11-17(20-16(14)13(12)2)7-9-19(4)10-8-17/h5-6,15,18H,7-11H2,1-4H3. The summed E-state index contributed by atoms with van der Waals surface area (Å²) in [6, 6.07) is 4.87. The maximum atomic E-state index is 6.59. The van der Waals surface area contributed by atoms with Crippen molar-refractivity contribution in [1.29, 1.82) is 0 Å². The first-order valence-electron chi connectivity index (χ1n) is 7.69. The summed E-state index contributed by atoms with van der Waals surface area (Å²) in [7, 11) is 4.27. The summed E-state index contributed by atoms with van der Waals surface area (Å²) in [5.74, 6) is 1.14. The highest BCUT2D eigenvalue weighted by Gasteiger charge is 2.42. The smallest absolute Gasteiger partial charge is 0.128 e. The number of hydrogen-bond donors (Lipinski definition) is 1. The van der Waals surface area contributed by atoms with Gasteiger partial charge in [0.1, 0.15) is 11.4 Å². The number of aryl methyl sites for hydroxylation is 1. The van der Waals surface area contributed by atoms with E-state index < -0.39 is 0 Å². The van der Waals surface area contributed by atoms with Crippen LogP contribution in [0.2, 0.25) is 0 Å². The zero-order valence-electron chi connectivity index (χ0n) is 13.1. The van der Waals surface area contributed by atoms with Crippen LogP contribution in [0.25, 0.3) is 0 Å². The lowest BCUT2D eigenvalue weighted by Gasteiger charge is -2.47. The zero-order valence-corrected chi connectivity index (χ0v) is 13.1. The molecule has 0 radical (unpaired) electrons. The van der Waals surface area contributed by atoms with Gasteiger partial charge in [-0.15, -0.1) is 0 Å². The molecule has 1 atom stereocenters. The predicted molar refractivity (Wildman–Crippen MR) is 82.4 cm³/mol. The van der Waals surface area contributed by atoms with E-state index >= 15 is 0 Å². The Bertz CT molecular complexity index is 504. The quantitative estimate of drug-likeness (QED) is 0.852. The molecule has 0 bridgehead atoms. The molecule has 1 saturated heterocycles. The van der Waals surface area contributed by atoms with Gasteiger partial charge >= 0.3 is 0 Å². The molecule has 1 unspecified atom stereocenters. The van der Waals surface area contributed by atoms with E-state index in [-0.39, 0.29) is 5.60 Å². The molecule has 1 aromatic rings. The van der Waals surface area contributed by atoms with Crippen LogP contribution in [0.5, 0.6) is 5.75 Å². The van der Waals surface area contributed by atoms with Crippen molar-refractivity contribution in [1.82, 2.24) is 10.2 Å². The summed E-state index contributed by atoms with van der Waals surface area (Å²) in [5, 5.41) is 3.50. The van der Waals surface area contributed by atoms with Crippen LogP contribution in [0.1, 0.15) is 42.0 Å². The largest absolute Gasteiger partial charge is 0.486 e. The predicted octanol–water partition coefficient (Wildman–Crippen LogP) is 2.81. The highest BCUT2D eigenvalue weighted by molar-refractivity contribution is 5.48. The van der Waals surface area contributed by atoms with E-state index in [9.17, 15) is 0 Å². The van der Waals surface area contributed by atoms with E-state index in [0.29, 0.717) is 6.04 Å². The van der Waals surface area contributed by atoms with Gasteiger partial charge in [0.25, 0.3) is 0 Å². The van der Waals surface area contributed by atoms with Crippen molar-refractivity contribution in [2.45, 2.75) is 44.8 Å². The molecular formula is C17H26N2O. The second-order valence-electron chi connectivity index (χ2n) is 6.56. The first kappa shape index (κ1) is 13.9. The fourth-order valence-electron chi connectivity index (χ4n) is 3.55. The zero-order chi connectivity index (χ0) is 14.3. The van der Waals surface area contributed by atoms with Crippen LogP contribution in [0.3, 0.4) is 0 Å². The molecular weight excluding hydrogens is 248 g/mol. The first-order valence-corrected chi connectivity index (χ1v) is 7.69. The molecule has 1 fully saturated rings. The molecule has 1 aromatic carbocycles. The van der Waals surface area contributed by atoms with E-state index in [1.54, 1.807) is 0 Å². The Morgan fingerprint density at radius 1 is 1.25 bits per heavy atom. The Kier molecular flexibility index (Phi) is 3.51. The molecule has 2 aliphatic heterocycles. The second-order valence-corrected chi connectivity index (χ2v) is 6.56. The second kappa shape index (κ2) is 5.05. The maximum absolute atomic E-state index is 6.59. The van der Waals surface area contributed by atoms with Gasteiger partial charge in [-0.05, 0) is 51.9 Å². The lowest BCUT2D eigenvalue weighted by molar-refractivity contribution is -0.0201. The Balaban J connectivity index is 1.99. The van der Waals surface area contributed by atoms with E-state index in [1.165, 1.54) is 16.7 Å². The summed E-state index contributed by atoms with van der Waals surface area (Å²) in [4.78, 5) is 2.40. The fourth-order valence-corrected chi connectivity index (χ4v) is 3.55. The number of benzene rings is 1. The monoisotopic (exact) mass is 274 g/mol. The van der Waals surface area contributed by atoms with E-state index in [2.05, 4.69) is 50.3 Å². The molecule has 1 N–H and O–H groups in total. The van der Waals surface area contributed by atoms with Gasteiger partial charge in [-0.3, -0.25) is 0 Å². The number of nitrogens with zero attached hydrogens (tertiary/aromatic N) is 1. The van der Waals surface area contributed by atoms with Crippen molar-refractivity contribution in [3.63, 3.8) is 0 Å². The van der Waals surface area contributed by atoms with Gasteiger partial charge in [-0.1, -0.05) is 12.1 Å². The lowest BCUT2D eigenvalue weighted by atomic mass is 9.80. The highest BCUT2D eigenvalue weighted by atomic mass is 16.5. The summed E-state index contributed by atoms with van der Waals surface area (Å²) in [6.45, 7) is 6.63. The number of piperidine rings is 1. The Hall–Kier alpha value is -1.06. The van der Waals surface area contributed by atoms with Crippen LogP contribution in [0.4, 0.5) is 0 Å². The lowest BCUT2D eigenvalue weighted by Crippen LogP contribution is -2.51. The van der Waals surface area contributed by atoms with Crippen LogP contribution in [0, 0.1) is 13.8 Å². The van der Waals surface area contributed by atoms with Crippen LogP contribution in [-0.4, -0.2) is 37.7 Å². The molecule has 3 rings (SSSR count). The van der Waals surface area contributed by atoms with Crippen molar-refractivity contribution in [2.24, 2.45) is 0 Å². The molecule has 0 amide bonds. The Labute approximate surface area is 122 Å². The Morgan fingerprint density at radius 2 is 1.95 bits per heavy atom. The number of hydrogen-bond acceptors (Lipinski definition) is 3. The average molecular weight is 274 g/mol. The number of nitrogens with one attached hydrogen (secondary N) is 1. The third-order valence-corrected chi connectivity index (χ3v) is 5.22. The van der Waals surface area contributed by atoms with E-state index in [4.69, 9.17) is 4.74 Å². The van der Waals surface area contributed by atoms with Crippen LogP contribution < -0.4 is 10.1 Å². The topological polar surface area (TPSA) is 24.5 Å². The van der Waals surface area contributed by atoms with Gasteiger partial charge in [0.15, 0.2) is 0 Å². The summed E-state index contributed by atoms with van der Waals surface area (Å²) in [6.07, 6.45) is 3.36. The first-order chi connectivity index (χ1) is 9.54. The molecule has 0 aromatic heterocycles. The normalized spacial score (nSPS) is 25.3. The molecule has 0 saturated carbocycles. The van der Waals surface area contributed by atoms with Crippen molar-refractivity contribution in [2.75, 3.05) is 27.2 Å². The third-order valence-electron chi connectivity index (χ3n) is 5.22. The molecule has 20 heavy (non-hydrogen) atoms. The molecule has 3 heteroatoms. The van der Waals surface area contributed by atoms with Gasteiger partial charge in [-0.2, -0.15) is 0 Å². The minimum Gasteiger partial charge on any atom is -0.486 e. The minimum absolute atomic E-state index is 0.0335. The van der Waals surface area contributed by atoms with Gasteiger partial charge in [0, 0.05) is 31.1 Å². The summed E-state index contributed by atoms with van der Waals surface area (Å²) < 4.78 is 6.59. The number of fused-ring (bicyclic) bond motifs is 1. The molecule has 2 aliphatic rings. The van der Waals surface area contributed by atoms with E-state index in [1.807, 2.05) is 0 Å². The van der Waals surface area contributed by atoms with Gasteiger partial charge in [-0.25, -0.2) is 0 Å². The molecule has 2 heterocycles. The average Bonchev–Trinajstić information content (AvgIpc) is 2.46. The minimum atomic E-state index is 0.0335. The number of rotatable bonds is 1. The van der Waals surface area contributed by atoms with Crippen molar-refractivity contribution < 1.29 is 4.74 Å². The van der Waals surface area contributed by atoms with Gasteiger partial charge in [0.2, 0.25) is 0 Å². The van der Waals surface area contributed by atoms with Crippen LogP contribution in [0.15, 0.2) is 12.1 Å². The van der Waals surface area contributed by atoms with Crippen LogP contribution in [-0.2, 0) is 0 Å². The SMILES string of the molecule is CNC1CC2(CCN(C)CC2)Oc2c1ccc(C)c2C. The fraction of sp³-hybridized carbons (Fsp3) is 0.647. The summed E-state index contributed by atoms with van der Waals surface area (Å²) >= 11 is 0. The van der Waals surface area contributed by atoms with Crippen molar-refractivity contribution >= 4 is 0 Å². The maximum Gasteiger partial charge on any atom is 0.128 e. The van der Waals surface area contributed by atoms with Crippen LogP contribution >= 0.6 is 0 Å². The molecule has 1 spiro atoms. The summed E-state index contributed by atoms with van der Waals surface area (Å²) in [5.41, 5.74) is 4.00. The van der Waals surface area contributed by atoms with Gasteiger partial charge in [0.05, 0.1) is 0 Å². The molecule has 110 valence electrons. The van der Waals surface area contributed by atoms with Crippen molar-refractivity contribution in [3.8, 4) is 5.75 Å². The van der Waals surface area contributed by atoms with Crippen molar-refractivity contribution in [3.05, 3.63) is 28.8 Å². The third kappa shape index (κ3) is 2.23. The number of likely N-dealkylation sites (tertiary alicyclic amines) is 1. The van der Waals surface area contributed by atoms with E-state index in [0.717, 1.165) is 38.1 Å².